The summed E-state index contributed by atoms with van der Waals surface area (Å²) in [7, 11) is 1.94. The average molecular weight is 369 g/mol. The van der Waals surface area contributed by atoms with E-state index in [0.29, 0.717) is 0 Å². The normalized spacial score (nSPS) is 22.2. The fourth-order valence-corrected chi connectivity index (χ4v) is 5.22. The lowest BCUT2D eigenvalue weighted by Gasteiger charge is -2.43. The van der Waals surface area contributed by atoms with Crippen molar-refractivity contribution >= 4 is 23.2 Å². The van der Waals surface area contributed by atoms with Crippen molar-refractivity contribution < 1.29 is 9.59 Å². The molecule has 2 fully saturated rings. The van der Waals surface area contributed by atoms with E-state index >= 15 is 0 Å². The summed E-state index contributed by atoms with van der Waals surface area (Å²) in [5, 5.41) is 0. The molecule has 4 nitrogen and oxygen atoms in total. The van der Waals surface area contributed by atoms with Crippen LogP contribution in [0.2, 0.25) is 0 Å². The Morgan fingerprint density at radius 2 is 1.81 bits per heavy atom. The number of piperidine rings is 1. The third-order valence-electron chi connectivity index (χ3n) is 6.06. The zero-order valence-corrected chi connectivity index (χ0v) is 16.1. The minimum atomic E-state index is -0.111. The highest BCUT2D eigenvalue weighted by Gasteiger charge is 2.50. The molecule has 1 atom stereocenters. The van der Waals surface area contributed by atoms with Crippen molar-refractivity contribution in [3.05, 3.63) is 57.8 Å². The van der Waals surface area contributed by atoms with E-state index in [0.717, 1.165) is 47.7 Å². The molecule has 0 N–H and O–H groups in total. The lowest BCUT2D eigenvalue weighted by atomic mass is 9.81. The second-order valence-electron chi connectivity index (χ2n) is 7.49. The molecule has 4 rings (SSSR count). The Bertz CT molecular complexity index is 822. The molecule has 2 aliphatic heterocycles. The molecule has 0 bridgehead atoms. The standard InChI is InChI=1S/C21H24N2O2S/c1-15-8-9-18(26-15)20(25)23-12-10-21(11-13-23)14-17(19(24)22(21)2)16-6-4-3-5-7-16/h3-9,17H,10-14H2,1-2H3/t17-/m1/s1. The van der Waals surface area contributed by atoms with Gasteiger partial charge in [-0.2, -0.15) is 0 Å². The third-order valence-corrected chi connectivity index (χ3v) is 7.05. The number of benzene rings is 1. The summed E-state index contributed by atoms with van der Waals surface area (Å²) < 4.78 is 0. The minimum Gasteiger partial charge on any atom is -0.339 e. The zero-order valence-electron chi connectivity index (χ0n) is 15.3. The van der Waals surface area contributed by atoms with Crippen LogP contribution in [-0.4, -0.2) is 47.3 Å². The molecular formula is C21H24N2O2S. The number of carbonyl (C=O) groups is 2. The first-order chi connectivity index (χ1) is 12.5. The summed E-state index contributed by atoms with van der Waals surface area (Å²) in [4.78, 5) is 31.5. The van der Waals surface area contributed by atoms with Crippen molar-refractivity contribution in [1.82, 2.24) is 9.80 Å². The van der Waals surface area contributed by atoms with Crippen molar-refractivity contribution in [3.8, 4) is 0 Å². The van der Waals surface area contributed by atoms with E-state index < -0.39 is 0 Å². The van der Waals surface area contributed by atoms with Gasteiger partial charge in [0.05, 0.1) is 10.8 Å². The number of aryl methyl sites for hydroxylation is 1. The van der Waals surface area contributed by atoms with Gasteiger partial charge in [0.15, 0.2) is 0 Å². The van der Waals surface area contributed by atoms with Crippen LogP contribution in [0, 0.1) is 6.92 Å². The first-order valence-electron chi connectivity index (χ1n) is 9.18. The summed E-state index contributed by atoms with van der Waals surface area (Å²) >= 11 is 1.56. The number of hydrogen-bond donors (Lipinski definition) is 0. The van der Waals surface area contributed by atoms with E-state index in [1.165, 1.54) is 0 Å². The van der Waals surface area contributed by atoms with Gasteiger partial charge >= 0.3 is 0 Å². The summed E-state index contributed by atoms with van der Waals surface area (Å²) in [5.41, 5.74) is 0.994. The predicted molar refractivity (Wildman–Crippen MR) is 103 cm³/mol. The van der Waals surface area contributed by atoms with Crippen LogP contribution in [0.5, 0.6) is 0 Å². The van der Waals surface area contributed by atoms with Crippen LogP contribution >= 0.6 is 11.3 Å². The maximum absolute atomic E-state index is 12.9. The van der Waals surface area contributed by atoms with Gasteiger partial charge in [0.2, 0.25) is 5.91 Å². The summed E-state index contributed by atoms with van der Waals surface area (Å²) in [6.45, 7) is 3.46. The molecule has 0 radical (unpaired) electrons. The fourth-order valence-electron chi connectivity index (χ4n) is 4.39. The van der Waals surface area contributed by atoms with Gasteiger partial charge in [0.25, 0.3) is 5.91 Å². The highest BCUT2D eigenvalue weighted by atomic mass is 32.1. The number of likely N-dealkylation sites (tertiary alicyclic amines) is 2. The van der Waals surface area contributed by atoms with Crippen molar-refractivity contribution in [3.63, 3.8) is 0 Å². The Balaban J connectivity index is 1.48. The summed E-state index contributed by atoms with van der Waals surface area (Å²) in [6.07, 6.45) is 2.57. The van der Waals surface area contributed by atoms with E-state index in [-0.39, 0.29) is 23.3 Å². The van der Waals surface area contributed by atoms with Crippen molar-refractivity contribution in [2.24, 2.45) is 0 Å². The van der Waals surface area contributed by atoms with Gasteiger partial charge < -0.3 is 9.80 Å². The van der Waals surface area contributed by atoms with Gasteiger partial charge in [0.1, 0.15) is 0 Å². The molecular weight excluding hydrogens is 344 g/mol. The molecule has 136 valence electrons. The van der Waals surface area contributed by atoms with Crippen LogP contribution < -0.4 is 0 Å². The van der Waals surface area contributed by atoms with E-state index in [1.807, 2.05) is 66.2 Å². The van der Waals surface area contributed by atoms with Crippen molar-refractivity contribution in [1.29, 1.82) is 0 Å². The Labute approximate surface area is 158 Å². The summed E-state index contributed by atoms with van der Waals surface area (Å²) in [5.74, 6) is 0.290. The minimum absolute atomic E-state index is 0.0524. The first kappa shape index (κ1) is 17.3. The molecule has 0 unspecified atom stereocenters. The lowest BCUT2D eigenvalue weighted by molar-refractivity contribution is -0.131. The largest absolute Gasteiger partial charge is 0.339 e. The van der Waals surface area contributed by atoms with Gasteiger partial charge in [-0.05, 0) is 43.9 Å². The number of likely N-dealkylation sites (N-methyl/N-ethyl adjacent to an activating group) is 1. The molecule has 0 aliphatic carbocycles. The number of rotatable bonds is 2. The average Bonchev–Trinajstić information content (AvgIpc) is 3.20. The summed E-state index contributed by atoms with van der Waals surface area (Å²) in [6, 6.07) is 14.0. The fraction of sp³-hybridized carbons (Fsp3) is 0.429. The first-order valence-corrected chi connectivity index (χ1v) is 10.0. The smallest absolute Gasteiger partial charge is 0.263 e. The zero-order chi connectivity index (χ0) is 18.3. The van der Waals surface area contributed by atoms with Gasteiger partial charge in [0, 0.05) is 30.6 Å². The van der Waals surface area contributed by atoms with Gasteiger partial charge in [-0.25, -0.2) is 0 Å². The molecule has 2 aliphatic rings. The Morgan fingerprint density at radius 3 is 2.42 bits per heavy atom. The quantitative estimate of drug-likeness (QED) is 0.811. The van der Waals surface area contributed by atoms with Crippen LogP contribution in [0.25, 0.3) is 0 Å². The highest BCUT2D eigenvalue weighted by Crippen LogP contribution is 2.45. The van der Waals surface area contributed by atoms with Crippen molar-refractivity contribution in [2.45, 2.75) is 37.6 Å². The Hall–Kier alpha value is -2.14. The monoisotopic (exact) mass is 368 g/mol. The second kappa shape index (κ2) is 6.54. The maximum atomic E-state index is 12.9. The number of carbonyl (C=O) groups excluding carboxylic acids is 2. The van der Waals surface area contributed by atoms with Crippen LogP contribution in [0.3, 0.4) is 0 Å². The van der Waals surface area contributed by atoms with Crippen LogP contribution in [0.4, 0.5) is 0 Å². The maximum Gasteiger partial charge on any atom is 0.263 e. The van der Waals surface area contributed by atoms with Gasteiger partial charge in [-0.15, -0.1) is 11.3 Å². The molecule has 0 saturated carbocycles. The van der Waals surface area contributed by atoms with Crippen molar-refractivity contribution in [2.75, 3.05) is 20.1 Å². The lowest BCUT2D eigenvalue weighted by Crippen LogP contribution is -2.52. The van der Waals surface area contributed by atoms with E-state index in [4.69, 9.17) is 0 Å². The molecule has 2 amide bonds. The molecule has 5 heteroatoms. The topological polar surface area (TPSA) is 40.6 Å². The Morgan fingerprint density at radius 1 is 1.12 bits per heavy atom. The number of nitrogens with zero attached hydrogens (tertiary/aromatic N) is 2. The van der Waals surface area contributed by atoms with E-state index in [9.17, 15) is 9.59 Å². The van der Waals surface area contributed by atoms with Gasteiger partial charge in [-0.3, -0.25) is 9.59 Å². The second-order valence-corrected chi connectivity index (χ2v) is 8.78. The SMILES string of the molecule is Cc1ccc(C(=O)N2CCC3(CC2)C[C@H](c2ccccc2)C(=O)N3C)s1. The van der Waals surface area contributed by atoms with Crippen LogP contribution in [0.1, 0.15) is 45.3 Å². The number of amides is 2. The highest BCUT2D eigenvalue weighted by molar-refractivity contribution is 7.13. The molecule has 1 aromatic heterocycles. The molecule has 1 spiro atoms. The van der Waals surface area contributed by atoms with Gasteiger partial charge in [-0.1, -0.05) is 30.3 Å². The molecule has 2 saturated heterocycles. The number of thiophene rings is 1. The third kappa shape index (κ3) is 2.84. The Kier molecular flexibility index (Phi) is 4.35. The van der Waals surface area contributed by atoms with Crippen LogP contribution in [0.15, 0.2) is 42.5 Å². The molecule has 26 heavy (non-hydrogen) atoms. The van der Waals surface area contributed by atoms with E-state index in [2.05, 4.69) is 0 Å². The molecule has 1 aromatic carbocycles. The molecule has 3 heterocycles. The molecule has 2 aromatic rings. The van der Waals surface area contributed by atoms with Crippen LogP contribution in [-0.2, 0) is 4.79 Å². The number of hydrogen-bond acceptors (Lipinski definition) is 3. The predicted octanol–water partition coefficient (Wildman–Crippen LogP) is 3.68. The van der Waals surface area contributed by atoms with E-state index in [1.54, 1.807) is 11.3 Å².